The highest BCUT2D eigenvalue weighted by molar-refractivity contribution is 9.10. The average Bonchev–Trinajstić information content (AvgIpc) is 3.56. The van der Waals surface area contributed by atoms with Crippen molar-refractivity contribution < 1.29 is 33.3 Å². The van der Waals surface area contributed by atoms with Gasteiger partial charge >= 0.3 is 11.9 Å². The number of furan rings is 1. The zero-order valence-corrected chi connectivity index (χ0v) is 27.0. The van der Waals surface area contributed by atoms with Crippen LogP contribution in [0, 0.1) is 6.92 Å². The summed E-state index contributed by atoms with van der Waals surface area (Å²) < 4.78 is 25.2. The van der Waals surface area contributed by atoms with E-state index in [1.807, 2.05) is 6.92 Å². The molecule has 10 nitrogen and oxygen atoms in total. The molecule has 0 fully saturated rings. The Labute approximate surface area is 264 Å². The number of carboxylic acids is 1. The molecule has 0 bridgehead atoms. The number of aromatic carboxylic acids is 1. The minimum atomic E-state index is -1.03. The minimum absolute atomic E-state index is 0.149. The van der Waals surface area contributed by atoms with Crippen LogP contribution in [0.1, 0.15) is 54.1 Å². The highest BCUT2D eigenvalue weighted by Gasteiger charge is 2.35. The van der Waals surface area contributed by atoms with Crippen molar-refractivity contribution in [2.24, 2.45) is 4.99 Å². The van der Waals surface area contributed by atoms with Gasteiger partial charge in [0.25, 0.3) is 5.56 Å². The number of carbonyl (C=O) groups excluding carboxylic acids is 1. The van der Waals surface area contributed by atoms with E-state index in [4.69, 9.17) is 18.6 Å². The summed E-state index contributed by atoms with van der Waals surface area (Å²) in [4.78, 5) is 44.0. The lowest BCUT2D eigenvalue weighted by atomic mass is 9.95. The summed E-state index contributed by atoms with van der Waals surface area (Å²) >= 11 is 4.78. The van der Waals surface area contributed by atoms with Crippen molar-refractivity contribution in [3.05, 3.63) is 100 Å². The number of carbonyl (C=O) groups is 2. The molecule has 3 heterocycles. The fourth-order valence-corrected chi connectivity index (χ4v) is 6.68. The van der Waals surface area contributed by atoms with Crippen LogP contribution >= 0.6 is 27.3 Å². The van der Waals surface area contributed by atoms with Gasteiger partial charge in [-0.15, -0.1) is 0 Å². The summed E-state index contributed by atoms with van der Waals surface area (Å²) in [7, 11) is 1.52. The molecule has 1 N–H and O–H groups in total. The fraction of sp³-hybridized carbons (Fsp3) is 0.250. The minimum Gasteiger partial charge on any atom is -0.493 e. The molecule has 1 aliphatic rings. The van der Waals surface area contributed by atoms with E-state index in [1.165, 1.54) is 17.7 Å². The van der Waals surface area contributed by atoms with Crippen molar-refractivity contribution in [2.45, 2.75) is 33.7 Å². The molecule has 1 atom stereocenters. The Morgan fingerprint density at radius 2 is 1.91 bits per heavy atom. The third kappa shape index (κ3) is 5.62. The highest BCUT2D eigenvalue weighted by Crippen LogP contribution is 2.41. The molecule has 0 radical (unpaired) electrons. The Kier molecular flexibility index (Phi) is 8.93. The van der Waals surface area contributed by atoms with Gasteiger partial charge in [0.05, 0.1) is 47.7 Å². The van der Waals surface area contributed by atoms with E-state index < -0.39 is 18.0 Å². The van der Waals surface area contributed by atoms with Crippen LogP contribution in [0.25, 0.3) is 17.4 Å². The standard InChI is InChI=1S/C32H29BrN2O8S/c1-6-41-25-15-22(33)21(14-24(25)40-5)28-27(31(39)42-7-2)17(4)34-32-35(28)29(36)26(44-32)13-18-11-12-23(43-18)19-9-8-10-20(16(19)3)30(37)38/h8-15,28H,6-7H2,1-5H3,(H,37,38)/b26-13+/t28-/m0/s1. The van der Waals surface area contributed by atoms with Crippen LogP contribution in [0.15, 0.2) is 72.4 Å². The molecule has 0 aliphatic carbocycles. The summed E-state index contributed by atoms with van der Waals surface area (Å²) in [5, 5.41) is 9.51. The van der Waals surface area contributed by atoms with E-state index in [9.17, 15) is 19.5 Å². The Balaban J connectivity index is 1.67. The molecule has 1 aliphatic heterocycles. The third-order valence-electron chi connectivity index (χ3n) is 7.12. The number of esters is 1. The van der Waals surface area contributed by atoms with Crippen molar-refractivity contribution in [1.29, 1.82) is 0 Å². The van der Waals surface area contributed by atoms with Gasteiger partial charge in [-0.1, -0.05) is 39.4 Å². The second-order valence-electron chi connectivity index (χ2n) is 9.75. The van der Waals surface area contributed by atoms with Crippen LogP contribution in [0.4, 0.5) is 0 Å². The normalized spacial score (nSPS) is 14.7. The predicted molar refractivity (Wildman–Crippen MR) is 168 cm³/mol. The molecule has 44 heavy (non-hydrogen) atoms. The molecule has 2 aromatic carbocycles. The summed E-state index contributed by atoms with van der Waals surface area (Å²) in [6, 6.07) is 11.0. The first-order valence-corrected chi connectivity index (χ1v) is 15.3. The van der Waals surface area contributed by atoms with Crippen LogP contribution in [-0.2, 0) is 9.53 Å². The lowest BCUT2D eigenvalue weighted by Crippen LogP contribution is -2.40. The van der Waals surface area contributed by atoms with Crippen LogP contribution < -0.4 is 24.4 Å². The highest BCUT2D eigenvalue weighted by atomic mass is 79.9. The summed E-state index contributed by atoms with van der Waals surface area (Å²) in [5.41, 5.74) is 2.24. The second-order valence-corrected chi connectivity index (χ2v) is 11.6. The molecule has 4 aromatic rings. The number of fused-ring (bicyclic) bond motifs is 1. The number of halogens is 1. The van der Waals surface area contributed by atoms with Gasteiger partial charge in [0, 0.05) is 16.1 Å². The number of benzene rings is 2. The van der Waals surface area contributed by atoms with E-state index in [1.54, 1.807) is 63.2 Å². The van der Waals surface area contributed by atoms with Crippen molar-refractivity contribution in [1.82, 2.24) is 4.57 Å². The van der Waals surface area contributed by atoms with Crippen molar-refractivity contribution in [2.75, 3.05) is 20.3 Å². The molecule has 0 unspecified atom stereocenters. The quantitative estimate of drug-likeness (QED) is 0.238. The Morgan fingerprint density at radius 1 is 1.14 bits per heavy atom. The van der Waals surface area contributed by atoms with Gasteiger partial charge < -0.3 is 23.7 Å². The van der Waals surface area contributed by atoms with Gasteiger partial charge in [0.2, 0.25) is 0 Å². The van der Waals surface area contributed by atoms with Gasteiger partial charge in [-0.25, -0.2) is 14.6 Å². The maximum Gasteiger partial charge on any atom is 0.338 e. The predicted octanol–water partition coefficient (Wildman–Crippen LogP) is 5.23. The van der Waals surface area contributed by atoms with E-state index in [0.29, 0.717) is 65.8 Å². The number of ether oxygens (including phenoxy) is 3. The first kappa shape index (κ1) is 31.0. The molecule has 0 saturated carbocycles. The number of thiazole rings is 1. The van der Waals surface area contributed by atoms with Crippen LogP contribution in [-0.4, -0.2) is 41.9 Å². The lowest BCUT2D eigenvalue weighted by Gasteiger charge is -2.26. The number of hydrogen-bond donors (Lipinski definition) is 1. The summed E-state index contributed by atoms with van der Waals surface area (Å²) in [6.07, 6.45) is 1.61. The van der Waals surface area contributed by atoms with Gasteiger partial charge in [0.15, 0.2) is 16.3 Å². The molecule has 0 saturated heterocycles. The van der Waals surface area contributed by atoms with Crippen molar-refractivity contribution in [3.63, 3.8) is 0 Å². The molecule has 0 amide bonds. The SMILES string of the molecule is CCOC(=O)C1=C(C)N=c2s/c(=C/c3ccc(-c4cccc(C(=O)O)c4C)o3)c(=O)n2[C@H]1c1cc(OC)c(OCC)cc1Br. The zero-order chi connectivity index (χ0) is 31.7. The molecule has 12 heteroatoms. The van der Waals surface area contributed by atoms with E-state index in [2.05, 4.69) is 20.9 Å². The fourth-order valence-electron chi connectivity index (χ4n) is 5.11. The number of carboxylic acid groups (broad SMARTS) is 1. The number of aromatic nitrogens is 1. The molecule has 228 valence electrons. The number of allylic oxidation sites excluding steroid dienone is 1. The number of nitrogens with zero attached hydrogens (tertiary/aromatic N) is 2. The molecule has 5 rings (SSSR count). The van der Waals surface area contributed by atoms with Gasteiger partial charge in [-0.05, 0) is 69.2 Å². The van der Waals surface area contributed by atoms with Crippen LogP contribution in [0.2, 0.25) is 0 Å². The molecule has 0 spiro atoms. The average molecular weight is 682 g/mol. The largest absolute Gasteiger partial charge is 0.493 e. The van der Waals surface area contributed by atoms with E-state index >= 15 is 0 Å². The van der Waals surface area contributed by atoms with E-state index in [0.717, 1.165) is 11.3 Å². The Bertz CT molecular complexity index is 2000. The first-order chi connectivity index (χ1) is 21.1. The number of hydrogen-bond acceptors (Lipinski definition) is 9. The molecular weight excluding hydrogens is 652 g/mol. The van der Waals surface area contributed by atoms with Crippen molar-refractivity contribution >= 4 is 45.3 Å². The van der Waals surface area contributed by atoms with Gasteiger partial charge in [-0.3, -0.25) is 9.36 Å². The topological polar surface area (TPSA) is 130 Å². The smallest absolute Gasteiger partial charge is 0.338 e. The monoisotopic (exact) mass is 680 g/mol. The first-order valence-electron chi connectivity index (χ1n) is 13.7. The Hall–Kier alpha value is -4.42. The second kappa shape index (κ2) is 12.7. The lowest BCUT2D eigenvalue weighted by molar-refractivity contribution is -0.139. The zero-order valence-electron chi connectivity index (χ0n) is 24.6. The van der Waals surface area contributed by atoms with Crippen molar-refractivity contribution in [3.8, 4) is 22.8 Å². The number of methoxy groups -OCH3 is 1. The van der Waals surface area contributed by atoms with E-state index in [-0.39, 0.29) is 23.3 Å². The maximum absolute atomic E-state index is 14.0. The Morgan fingerprint density at radius 3 is 2.59 bits per heavy atom. The summed E-state index contributed by atoms with van der Waals surface area (Å²) in [5.74, 6) is 0.202. The maximum atomic E-state index is 14.0. The summed E-state index contributed by atoms with van der Waals surface area (Å²) in [6.45, 7) is 7.57. The molecule has 2 aromatic heterocycles. The third-order valence-corrected chi connectivity index (χ3v) is 8.79. The van der Waals surface area contributed by atoms with Crippen LogP contribution in [0.5, 0.6) is 11.5 Å². The molecular formula is C32H29BrN2O8S. The van der Waals surface area contributed by atoms with Gasteiger partial charge in [0.1, 0.15) is 11.5 Å². The van der Waals surface area contributed by atoms with Crippen LogP contribution in [0.3, 0.4) is 0 Å². The number of rotatable bonds is 9. The van der Waals surface area contributed by atoms with Gasteiger partial charge in [-0.2, -0.15) is 0 Å².